The van der Waals surface area contributed by atoms with Crippen molar-refractivity contribution in [2.45, 2.75) is 36.2 Å². The largest absolute Gasteiger partial charge is 0.436 e. The molecule has 7 rings (SSSR count). The molecule has 0 unspecified atom stereocenters. The Balaban J connectivity index is 1.10. The van der Waals surface area contributed by atoms with E-state index in [-0.39, 0.29) is 11.5 Å². The van der Waals surface area contributed by atoms with E-state index in [0.717, 1.165) is 46.6 Å². The van der Waals surface area contributed by atoms with E-state index in [1.165, 1.54) is 23.9 Å². The summed E-state index contributed by atoms with van der Waals surface area (Å²) in [6.07, 6.45) is 3.71. The molecule has 1 aliphatic carbocycles. The maximum Gasteiger partial charge on any atom is 0.269 e. The van der Waals surface area contributed by atoms with Crippen LogP contribution in [0.25, 0.3) is 22.8 Å². The quantitative estimate of drug-likeness (QED) is 0.126. The van der Waals surface area contributed by atoms with Gasteiger partial charge in [-0.3, -0.25) is 14.9 Å². The zero-order valence-electron chi connectivity index (χ0n) is 22.3. The van der Waals surface area contributed by atoms with Crippen LogP contribution in [0, 0.1) is 10.1 Å². The molecule has 11 heteroatoms. The lowest BCUT2D eigenvalue weighted by Gasteiger charge is -2.32. The molecule has 1 atom stereocenters. The molecule has 2 aromatic heterocycles. The number of oxazole rings is 1. The number of rotatable bonds is 7. The van der Waals surface area contributed by atoms with Crippen LogP contribution in [0.4, 0.5) is 11.6 Å². The number of ketones is 1. The average molecular weight is 577 g/mol. The summed E-state index contributed by atoms with van der Waals surface area (Å²) in [7, 11) is 0. The van der Waals surface area contributed by atoms with Crippen LogP contribution in [0.15, 0.2) is 106 Å². The molecule has 2 aliphatic rings. The monoisotopic (exact) mass is 576 g/mol. The van der Waals surface area contributed by atoms with Gasteiger partial charge in [0.15, 0.2) is 11.5 Å². The molecular weight excluding hydrogens is 552 g/mol. The van der Waals surface area contributed by atoms with Crippen LogP contribution in [0.1, 0.15) is 36.4 Å². The Hall–Kier alpha value is -5.03. The molecule has 3 aromatic carbocycles. The number of carbonyl (C=O) groups is 1. The number of nitrogens with one attached hydrogen (secondary N) is 1. The Morgan fingerprint density at radius 2 is 1.79 bits per heavy atom. The van der Waals surface area contributed by atoms with Gasteiger partial charge >= 0.3 is 0 Å². The maximum atomic E-state index is 13.0. The molecule has 0 radical (unpaired) electrons. The standard InChI is InChI=1S/C31H24N6O4S/c38-25-8-4-7-24-27(25)28(21-13-15-23(16-14-21)37(39)40)36-30(33-24)34-31(35-36)42-18-19-9-11-22(12-10-19)29-32-17-26(41-29)20-5-2-1-3-6-20/h1-3,5-6,9-17,28H,4,7-8,18H2,(H,33,34,35)/t28-/m1/s1. The lowest BCUT2D eigenvalue weighted by molar-refractivity contribution is -0.384. The molecule has 0 amide bonds. The molecule has 42 heavy (non-hydrogen) atoms. The van der Waals surface area contributed by atoms with Crippen LogP contribution < -0.4 is 5.32 Å². The predicted octanol–water partition coefficient (Wildman–Crippen LogP) is 6.82. The van der Waals surface area contributed by atoms with E-state index in [0.29, 0.717) is 34.7 Å². The number of aromatic nitrogens is 4. The van der Waals surface area contributed by atoms with Crippen molar-refractivity contribution in [1.29, 1.82) is 0 Å². The first-order valence-corrected chi connectivity index (χ1v) is 14.5. The van der Waals surface area contributed by atoms with E-state index >= 15 is 0 Å². The van der Waals surface area contributed by atoms with E-state index in [9.17, 15) is 14.9 Å². The number of anilines is 1. The number of Topliss-reactive ketones (excluding diaryl/α,β-unsaturated/α-hetero) is 1. The van der Waals surface area contributed by atoms with E-state index in [1.807, 2.05) is 54.6 Å². The van der Waals surface area contributed by atoms with Crippen LogP contribution in [0.2, 0.25) is 0 Å². The number of non-ortho nitro benzene ring substituents is 1. The summed E-state index contributed by atoms with van der Waals surface area (Å²) >= 11 is 1.49. The van der Waals surface area contributed by atoms with Gasteiger partial charge in [0.25, 0.3) is 5.69 Å². The number of benzene rings is 3. The highest BCUT2D eigenvalue weighted by atomic mass is 32.2. The van der Waals surface area contributed by atoms with Gasteiger partial charge in [0.2, 0.25) is 17.0 Å². The zero-order valence-corrected chi connectivity index (χ0v) is 23.1. The van der Waals surface area contributed by atoms with E-state index in [2.05, 4.69) is 10.3 Å². The Bertz CT molecular complexity index is 1830. The summed E-state index contributed by atoms with van der Waals surface area (Å²) in [6, 6.07) is 23.7. The van der Waals surface area contributed by atoms with Crippen molar-refractivity contribution in [2.75, 3.05) is 5.32 Å². The van der Waals surface area contributed by atoms with Crippen molar-refractivity contribution < 1.29 is 14.1 Å². The molecule has 1 aliphatic heterocycles. The Morgan fingerprint density at radius 3 is 2.55 bits per heavy atom. The number of nitro benzene ring substituents is 1. The minimum absolute atomic E-state index is 0.00241. The van der Waals surface area contributed by atoms with Crippen LogP contribution in [-0.4, -0.2) is 30.5 Å². The second kappa shape index (κ2) is 10.7. The van der Waals surface area contributed by atoms with Crippen molar-refractivity contribution in [3.05, 3.63) is 118 Å². The van der Waals surface area contributed by atoms with E-state index in [1.54, 1.807) is 23.0 Å². The van der Waals surface area contributed by atoms with Gasteiger partial charge in [-0.15, -0.1) is 5.10 Å². The van der Waals surface area contributed by atoms with Crippen LogP contribution in [0.3, 0.4) is 0 Å². The number of fused-ring (bicyclic) bond motifs is 1. The first-order valence-electron chi connectivity index (χ1n) is 13.5. The molecule has 0 bridgehead atoms. The molecule has 5 aromatic rings. The molecule has 0 spiro atoms. The lowest BCUT2D eigenvalue weighted by atomic mass is 9.85. The fourth-order valence-electron chi connectivity index (χ4n) is 5.32. The van der Waals surface area contributed by atoms with Crippen molar-refractivity contribution in [1.82, 2.24) is 19.7 Å². The fraction of sp³-hybridized carbons (Fsp3) is 0.161. The number of hydrogen-bond donors (Lipinski definition) is 1. The molecule has 1 N–H and O–H groups in total. The Kier molecular flexibility index (Phi) is 6.63. The second-order valence-electron chi connectivity index (χ2n) is 10.1. The van der Waals surface area contributed by atoms with Crippen molar-refractivity contribution in [3.8, 4) is 22.8 Å². The van der Waals surface area contributed by atoms with Gasteiger partial charge in [-0.2, -0.15) is 4.98 Å². The summed E-state index contributed by atoms with van der Waals surface area (Å²) in [5, 5.41) is 19.9. The predicted molar refractivity (Wildman–Crippen MR) is 158 cm³/mol. The van der Waals surface area contributed by atoms with Crippen LogP contribution >= 0.6 is 11.8 Å². The summed E-state index contributed by atoms with van der Waals surface area (Å²) in [5.41, 5.74) is 5.20. The SMILES string of the molecule is O=C1CCCC2=C1[C@@H](c1ccc([N+](=O)[O-])cc1)n1nc(SCc3ccc(-c4ncc(-c5ccccc5)o4)cc3)nc1N2. The third-order valence-corrected chi connectivity index (χ3v) is 8.31. The van der Waals surface area contributed by atoms with Gasteiger partial charge in [-0.1, -0.05) is 54.2 Å². The van der Waals surface area contributed by atoms with Crippen LogP contribution in [-0.2, 0) is 10.5 Å². The van der Waals surface area contributed by atoms with Gasteiger partial charge < -0.3 is 9.73 Å². The summed E-state index contributed by atoms with van der Waals surface area (Å²) in [4.78, 5) is 33.0. The van der Waals surface area contributed by atoms with Gasteiger partial charge in [0, 0.05) is 46.7 Å². The molecule has 208 valence electrons. The topological polar surface area (TPSA) is 129 Å². The number of nitro groups is 1. The van der Waals surface area contributed by atoms with Gasteiger partial charge in [-0.05, 0) is 48.2 Å². The summed E-state index contributed by atoms with van der Waals surface area (Å²) < 4.78 is 7.70. The first-order chi connectivity index (χ1) is 20.5. The van der Waals surface area contributed by atoms with Gasteiger partial charge in [-0.25, -0.2) is 9.67 Å². The number of hydrogen-bond acceptors (Lipinski definition) is 9. The molecule has 0 saturated heterocycles. The highest BCUT2D eigenvalue weighted by Gasteiger charge is 2.37. The minimum atomic E-state index is -0.493. The van der Waals surface area contributed by atoms with Gasteiger partial charge in [0.1, 0.15) is 6.04 Å². The number of nitrogens with zero attached hydrogens (tertiary/aromatic N) is 5. The van der Waals surface area contributed by atoms with Crippen LogP contribution in [0.5, 0.6) is 0 Å². The first kappa shape index (κ1) is 25.9. The van der Waals surface area contributed by atoms with Crippen molar-refractivity contribution in [2.24, 2.45) is 0 Å². The molecular formula is C31H24N6O4S. The maximum absolute atomic E-state index is 13.0. The van der Waals surface area contributed by atoms with Crippen molar-refractivity contribution >= 4 is 29.2 Å². The van der Waals surface area contributed by atoms with Gasteiger partial charge in [0.05, 0.1) is 11.1 Å². The lowest BCUT2D eigenvalue weighted by Crippen LogP contribution is -2.31. The second-order valence-corrected chi connectivity index (χ2v) is 11.0. The fourth-order valence-corrected chi connectivity index (χ4v) is 6.10. The summed E-state index contributed by atoms with van der Waals surface area (Å²) in [5.74, 6) is 2.54. The smallest absolute Gasteiger partial charge is 0.269 e. The average Bonchev–Trinajstić information content (AvgIpc) is 3.68. The number of thioether (sulfide) groups is 1. The Morgan fingerprint density at radius 1 is 1.00 bits per heavy atom. The van der Waals surface area contributed by atoms with E-state index in [4.69, 9.17) is 14.5 Å². The number of allylic oxidation sites excluding steroid dienone is 2. The summed E-state index contributed by atoms with van der Waals surface area (Å²) in [6.45, 7) is 0. The molecule has 10 nitrogen and oxygen atoms in total. The normalized spacial score (nSPS) is 16.1. The third-order valence-electron chi connectivity index (χ3n) is 7.40. The molecule has 0 fully saturated rings. The highest BCUT2D eigenvalue weighted by Crippen LogP contribution is 2.41. The highest BCUT2D eigenvalue weighted by molar-refractivity contribution is 7.98. The zero-order chi connectivity index (χ0) is 28.6. The molecule has 0 saturated carbocycles. The Labute approximate surface area is 244 Å². The number of carbonyl (C=O) groups excluding carboxylic acids is 1. The van der Waals surface area contributed by atoms with Crippen molar-refractivity contribution in [3.63, 3.8) is 0 Å². The molecule has 3 heterocycles. The van der Waals surface area contributed by atoms with E-state index < -0.39 is 11.0 Å². The minimum Gasteiger partial charge on any atom is -0.436 e. The third kappa shape index (κ3) is 4.88.